The zero-order valence-corrected chi connectivity index (χ0v) is 8.45. The fourth-order valence-corrected chi connectivity index (χ4v) is 1.39. The first-order valence-electron chi connectivity index (χ1n) is 4.24. The fraction of sp³-hybridized carbons (Fsp3) is 0.300. The number of carboxylic acids is 1. The highest BCUT2D eigenvalue weighted by Crippen LogP contribution is 2.29. The van der Waals surface area contributed by atoms with Crippen LogP contribution in [-0.4, -0.2) is 16.2 Å². The van der Waals surface area contributed by atoms with Gasteiger partial charge >= 0.3 is 5.97 Å². The highest BCUT2D eigenvalue weighted by atomic mass is 32.1. The van der Waals surface area contributed by atoms with Crippen LogP contribution >= 0.6 is 12.6 Å². The van der Waals surface area contributed by atoms with Gasteiger partial charge in [0.1, 0.15) is 4.93 Å². The third kappa shape index (κ3) is 3.05. The van der Waals surface area contributed by atoms with Crippen molar-refractivity contribution in [1.29, 1.82) is 0 Å². The van der Waals surface area contributed by atoms with E-state index >= 15 is 0 Å². The van der Waals surface area contributed by atoms with Crippen LogP contribution in [0.2, 0.25) is 0 Å². The molecule has 0 spiro atoms. The number of rotatable bonds is 4. The molecule has 4 heteroatoms. The van der Waals surface area contributed by atoms with Gasteiger partial charge in [0, 0.05) is 12.8 Å². The van der Waals surface area contributed by atoms with E-state index in [2.05, 4.69) is 12.6 Å². The molecule has 0 aromatic heterocycles. The minimum atomic E-state index is -1.36. The quantitative estimate of drug-likeness (QED) is 0.525. The maximum atomic E-state index is 10.3. The molecule has 0 radical (unpaired) electrons. The largest absolute Gasteiger partial charge is 0.481 e. The van der Waals surface area contributed by atoms with E-state index in [0.717, 1.165) is 0 Å². The number of hydrogen-bond acceptors (Lipinski definition) is 3. The van der Waals surface area contributed by atoms with Crippen LogP contribution in [0.5, 0.6) is 0 Å². The van der Waals surface area contributed by atoms with Crippen LogP contribution < -0.4 is 0 Å². The molecule has 14 heavy (non-hydrogen) atoms. The van der Waals surface area contributed by atoms with Gasteiger partial charge in [0.05, 0.1) is 0 Å². The summed E-state index contributed by atoms with van der Waals surface area (Å²) in [6, 6.07) is 8.81. The molecule has 0 aliphatic rings. The molecule has 0 fully saturated rings. The summed E-state index contributed by atoms with van der Waals surface area (Å²) in [5, 5.41) is 18.3. The smallest absolute Gasteiger partial charge is 0.303 e. The van der Waals surface area contributed by atoms with E-state index in [1.165, 1.54) is 0 Å². The van der Waals surface area contributed by atoms with Gasteiger partial charge in [-0.1, -0.05) is 30.3 Å². The molecule has 1 aromatic carbocycles. The number of hydrogen-bond donors (Lipinski definition) is 3. The van der Waals surface area contributed by atoms with Crippen LogP contribution in [-0.2, 0) is 9.73 Å². The molecule has 0 bridgehead atoms. The maximum Gasteiger partial charge on any atom is 0.303 e. The van der Waals surface area contributed by atoms with Crippen molar-refractivity contribution in [2.24, 2.45) is 0 Å². The molecule has 2 N–H and O–H groups in total. The Morgan fingerprint density at radius 1 is 1.36 bits per heavy atom. The fourth-order valence-electron chi connectivity index (χ4n) is 1.13. The van der Waals surface area contributed by atoms with Gasteiger partial charge in [0.2, 0.25) is 0 Å². The second kappa shape index (κ2) is 4.48. The molecular weight excluding hydrogens is 200 g/mol. The van der Waals surface area contributed by atoms with Gasteiger partial charge in [-0.25, -0.2) is 0 Å². The van der Waals surface area contributed by atoms with E-state index in [9.17, 15) is 9.90 Å². The van der Waals surface area contributed by atoms with Crippen LogP contribution in [0, 0.1) is 0 Å². The van der Waals surface area contributed by atoms with E-state index < -0.39 is 10.9 Å². The Morgan fingerprint density at radius 3 is 2.43 bits per heavy atom. The third-order valence-electron chi connectivity index (χ3n) is 1.92. The summed E-state index contributed by atoms with van der Waals surface area (Å²) in [4.78, 5) is 8.97. The van der Waals surface area contributed by atoms with Crippen molar-refractivity contribution >= 4 is 18.6 Å². The van der Waals surface area contributed by atoms with Crippen molar-refractivity contribution in [2.45, 2.75) is 17.8 Å². The number of carbonyl (C=O) groups is 1. The summed E-state index contributed by atoms with van der Waals surface area (Å²) in [6.45, 7) is 0. The van der Waals surface area contributed by atoms with Gasteiger partial charge in [0.25, 0.3) is 0 Å². The average molecular weight is 212 g/mol. The van der Waals surface area contributed by atoms with E-state index in [1.54, 1.807) is 24.3 Å². The third-order valence-corrected chi connectivity index (χ3v) is 2.41. The number of aliphatic carboxylic acids is 1. The Balaban J connectivity index is 2.70. The summed E-state index contributed by atoms with van der Waals surface area (Å²) in [7, 11) is 0. The molecule has 0 aliphatic heterocycles. The number of benzene rings is 1. The first kappa shape index (κ1) is 11.1. The molecule has 0 heterocycles. The van der Waals surface area contributed by atoms with Crippen molar-refractivity contribution in [2.75, 3.05) is 0 Å². The van der Waals surface area contributed by atoms with E-state index in [0.29, 0.717) is 5.56 Å². The molecule has 1 rings (SSSR count). The van der Waals surface area contributed by atoms with Crippen molar-refractivity contribution in [3.63, 3.8) is 0 Å². The van der Waals surface area contributed by atoms with E-state index in [1.807, 2.05) is 6.07 Å². The predicted molar refractivity (Wildman–Crippen MR) is 56.2 cm³/mol. The SMILES string of the molecule is O=C(O)CCC(O)(S)c1ccccc1. The van der Waals surface area contributed by atoms with Crippen LogP contribution in [0.4, 0.5) is 0 Å². The molecule has 1 atom stereocenters. The highest BCUT2D eigenvalue weighted by molar-refractivity contribution is 7.81. The van der Waals surface area contributed by atoms with Gasteiger partial charge in [-0.2, -0.15) is 0 Å². The minimum Gasteiger partial charge on any atom is -0.481 e. The minimum absolute atomic E-state index is 0.0927. The average Bonchev–Trinajstić information content (AvgIpc) is 2.16. The summed E-state index contributed by atoms with van der Waals surface area (Å²) in [5.41, 5.74) is 0.615. The second-order valence-corrected chi connectivity index (χ2v) is 3.82. The Labute approximate surface area is 87.8 Å². The molecule has 0 amide bonds. The lowest BCUT2D eigenvalue weighted by molar-refractivity contribution is -0.137. The first-order valence-corrected chi connectivity index (χ1v) is 4.69. The van der Waals surface area contributed by atoms with Crippen molar-refractivity contribution in [3.8, 4) is 0 Å². The standard InChI is InChI=1S/C10H12O3S/c11-9(12)6-7-10(13,14)8-4-2-1-3-5-8/h1-5,13-14H,6-7H2,(H,11,12). The lowest BCUT2D eigenvalue weighted by atomic mass is 10.0. The van der Waals surface area contributed by atoms with Crippen LogP contribution in [0.25, 0.3) is 0 Å². The number of carboxylic acid groups (broad SMARTS) is 1. The summed E-state index contributed by atoms with van der Waals surface area (Å²) in [5.74, 6) is -0.937. The zero-order valence-electron chi connectivity index (χ0n) is 7.55. The molecule has 1 unspecified atom stereocenters. The van der Waals surface area contributed by atoms with Gasteiger partial charge in [-0.05, 0) is 5.56 Å². The molecule has 0 aliphatic carbocycles. The topological polar surface area (TPSA) is 57.5 Å². The molecule has 3 nitrogen and oxygen atoms in total. The van der Waals surface area contributed by atoms with Crippen molar-refractivity contribution in [3.05, 3.63) is 35.9 Å². The Morgan fingerprint density at radius 2 is 1.93 bits per heavy atom. The van der Waals surface area contributed by atoms with Crippen LogP contribution in [0.15, 0.2) is 30.3 Å². The monoisotopic (exact) mass is 212 g/mol. The van der Waals surface area contributed by atoms with Crippen LogP contribution in [0.1, 0.15) is 18.4 Å². The summed E-state index contributed by atoms with van der Waals surface area (Å²) in [6.07, 6.45) is -0.00957. The molecule has 1 aromatic rings. The molecular formula is C10H12O3S. The van der Waals surface area contributed by atoms with Crippen molar-refractivity contribution < 1.29 is 15.0 Å². The van der Waals surface area contributed by atoms with Gasteiger partial charge < -0.3 is 10.2 Å². The molecule has 76 valence electrons. The lowest BCUT2D eigenvalue weighted by Crippen LogP contribution is -2.19. The number of aliphatic hydroxyl groups is 1. The van der Waals surface area contributed by atoms with E-state index in [-0.39, 0.29) is 12.8 Å². The van der Waals surface area contributed by atoms with Crippen LogP contribution in [0.3, 0.4) is 0 Å². The Bertz CT molecular complexity index is 308. The zero-order chi connectivity index (χ0) is 10.6. The highest BCUT2D eigenvalue weighted by Gasteiger charge is 2.24. The molecule has 0 saturated carbocycles. The molecule has 0 saturated heterocycles. The maximum absolute atomic E-state index is 10.3. The summed E-state index contributed by atoms with van der Waals surface area (Å²) >= 11 is 4.04. The summed E-state index contributed by atoms with van der Waals surface area (Å²) < 4.78 is 0. The normalized spacial score (nSPS) is 14.7. The first-order chi connectivity index (χ1) is 6.52. The van der Waals surface area contributed by atoms with Gasteiger partial charge in [-0.3, -0.25) is 4.79 Å². The second-order valence-electron chi connectivity index (χ2n) is 3.08. The van der Waals surface area contributed by atoms with Gasteiger partial charge in [-0.15, -0.1) is 12.6 Å². The van der Waals surface area contributed by atoms with E-state index in [4.69, 9.17) is 5.11 Å². The Kier molecular flexibility index (Phi) is 3.55. The lowest BCUT2D eigenvalue weighted by Gasteiger charge is -2.21. The Hall–Kier alpha value is -1.00. The predicted octanol–water partition coefficient (Wildman–Crippen LogP) is 1.63. The number of thiol groups is 1. The van der Waals surface area contributed by atoms with Gasteiger partial charge in [0.15, 0.2) is 0 Å². The van der Waals surface area contributed by atoms with Crippen molar-refractivity contribution in [1.82, 2.24) is 0 Å².